The summed E-state index contributed by atoms with van der Waals surface area (Å²) in [5.41, 5.74) is 2.19. The molecule has 0 aliphatic carbocycles. The highest BCUT2D eigenvalue weighted by molar-refractivity contribution is 5.83. The van der Waals surface area contributed by atoms with Crippen LogP contribution in [0.4, 0.5) is 0 Å². The molecule has 3 heterocycles. The molecule has 3 fully saturated rings. The number of amides is 1. The maximum absolute atomic E-state index is 12.4. The van der Waals surface area contributed by atoms with Crippen LogP contribution < -0.4 is 0 Å². The molecule has 3 aliphatic rings. The second-order valence-electron chi connectivity index (χ2n) is 8.61. The summed E-state index contributed by atoms with van der Waals surface area (Å²) in [5.74, 6) is -0.582. The topological polar surface area (TPSA) is 57.2 Å². The fourth-order valence-electron chi connectivity index (χ4n) is 4.53. The predicted octanol–water partition coefficient (Wildman–Crippen LogP) is 3.25. The molecule has 1 amide bonds. The Balaban J connectivity index is 1.34. The smallest absolute Gasteiger partial charge is 0.225 e. The van der Waals surface area contributed by atoms with Gasteiger partial charge in [0.2, 0.25) is 5.91 Å². The molecule has 3 aliphatic heterocycles. The Kier molecular flexibility index (Phi) is 5.11. The van der Waals surface area contributed by atoms with E-state index in [0.717, 1.165) is 11.1 Å². The van der Waals surface area contributed by atoms with Gasteiger partial charge in [-0.05, 0) is 25.0 Å². The fraction of sp³-hybridized carbons (Fsp3) is 0.458. The molecule has 6 nitrogen and oxygen atoms in total. The van der Waals surface area contributed by atoms with Gasteiger partial charge in [-0.15, -0.1) is 0 Å². The average Bonchev–Trinajstić information content (AvgIpc) is 3.21. The first-order valence-corrected chi connectivity index (χ1v) is 10.5. The van der Waals surface area contributed by atoms with Crippen LogP contribution in [0.1, 0.15) is 31.4 Å². The molecule has 158 valence electrons. The SMILES string of the molecule is CC1(C)O[C@H]2O[C@H]([C@@H]3CC(=O)N3Cc3ccccc3)[C@H](OCc3ccccc3)[C@H]2O1. The molecule has 0 spiro atoms. The Morgan fingerprint density at radius 2 is 1.63 bits per heavy atom. The molecule has 2 aromatic rings. The molecule has 0 saturated carbocycles. The van der Waals surface area contributed by atoms with E-state index >= 15 is 0 Å². The molecule has 3 saturated heterocycles. The van der Waals surface area contributed by atoms with Gasteiger partial charge in [-0.1, -0.05) is 60.7 Å². The van der Waals surface area contributed by atoms with Crippen LogP contribution in [0.3, 0.4) is 0 Å². The molecule has 0 bridgehead atoms. The van der Waals surface area contributed by atoms with Gasteiger partial charge in [0.05, 0.1) is 12.6 Å². The molecule has 0 radical (unpaired) electrons. The summed E-state index contributed by atoms with van der Waals surface area (Å²) in [6.07, 6.45) is -0.955. The third-order valence-corrected chi connectivity index (χ3v) is 5.99. The van der Waals surface area contributed by atoms with Crippen LogP contribution >= 0.6 is 0 Å². The van der Waals surface area contributed by atoms with Crippen LogP contribution in [0.5, 0.6) is 0 Å². The van der Waals surface area contributed by atoms with E-state index in [-0.39, 0.29) is 30.3 Å². The number of rotatable bonds is 6. The number of fused-ring (bicyclic) bond motifs is 1. The maximum atomic E-state index is 12.4. The summed E-state index contributed by atoms with van der Waals surface area (Å²) in [7, 11) is 0. The first kappa shape index (κ1) is 19.7. The zero-order chi connectivity index (χ0) is 20.7. The van der Waals surface area contributed by atoms with Crippen molar-refractivity contribution in [3.05, 3.63) is 71.8 Å². The maximum Gasteiger partial charge on any atom is 0.225 e. The van der Waals surface area contributed by atoms with Gasteiger partial charge in [0.1, 0.15) is 18.3 Å². The van der Waals surface area contributed by atoms with Crippen molar-refractivity contribution >= 4 is 5.91 Å². The Morgan fingerprint density at radius 3 is 2.30 bits per heavy atom. The molecule has 5 rings (SSSR count). The van der Waals surface area contributed by atoms with Gasteiger partial charge in [0.15, 0.2) is 12.1 Å². The highest BCUT2D eigenvalue weighted by Gasteiger charge is 2.60. The number of benzene rings is 2. The number of carbonyl (C=O) groups excluding carboxylic acids is 1. The van der Waals surface area contributed by atoms with Crippen molar-refractivity contribution in [2.75, 3.05) is 0 Å². The van der Waals surface area contributed by atoms with Crippen LogP contribution in [-0.2, 0) is 36.9 Å². The number of likely N-dealkylation sites (tertiary alicyclic amines) is 1. The lowest BCUT2D eigenvalue weighted by molar-refractivity contribution is -0.231. The standard InChI is InChI=1S/C24H27NO5/c1-24(2)29-22-21(27-15-17-11-7-4-8-12-17)20(28-23(22)30-24)18-13-19(26)25(18)14-16-9-5-3-6-10-16/h3-12,18,20-23H,13-15H2,1-2H3/t18-,20+,21-,22+,23+/m0/s1. The highest BCUT2D eigenvalue weighted by Crippen LogP contribution is 2.43. The molecule has 0 N–H and O–H groups in total. The summed E-state index contributed by atoms with van der Waals surface area (Å²) in [5, 5.41) is 0. The molecule has 30 heavy (non-hydrogen) atoms. The van der Waals surface area contributed by atoms with Crippen molar-refractivity contribution < 1.29 is 23.7 Å². The monoisotopic (exact) mass is 409 g/mol. The Bertz CT molecular complexity index is 887. The summed E-state index contributed by atoms with van der Waals surface area (Å²) >= 11 is 0. The van der Waals surface area contributed by atoms with Crippen LogP contribution in [0.2, 0.25) is 0 Å². The number of hydrogen-bond donors (Lipinski definition) is 0. The first-order chi connectivity index (χ1) is 14.5. The molecular weight excluding hydrogens is 382 g/mol. The highest BCUT2D eigenvalue weighted by atomic mass is 16.8. The van der Waals surface area contributed by atoms with Crippen molar-refractivity contribution in [3.8, 4) is 0 Å². The van der Waals surface area contributed by atoms with Gasteiger partial charge < -0.3 is 23.8 Å². The molecule has 5 atom stereocenters. The number of nitrogens with zero attached hydrogens (tertiary/aromatic N) is 1. The van der Waals surface area contributed by atoms with Crippen molar-refractivity contribution in [1.29, 1.82) is 0 Å². The molecule has 0 unspecified atom stereocenters. The molecular formula is C24H27NO5. The Hall–Kier alpha value is -2.25. The molecule has 2 aromatic carbocycles. The lowest BCUT2D eigenvalue weighted by Crippen LogP contribution is -2.60. The largest absolute Gasteiger partial charge is 0.368 e. The third kappa shape index (κ3) is 3.76. The van der Waals surface area contributed by atoms with Crippen molar-refractivity contribution in [3.63, 3.8) is 0 Å². The van der Waals surface area contributed by atoms with Crippen LogP contribution in [0.25, 0.3) is 0 Å². The predicted molar refractivity (Wildman–Crippen MR) is 109 cm³/mol. The minimum atomic E-state index is -0.714. The zero-order valence-corrected chi connectivity index (χ0v) is 17.3. The van der Waals surface area contributed by atoms with E-state index in [9.17, 15) is 4.79 Å². The van der Waals surface area contributed by atoms with E-state index in [4.69, 9.17) is 18.9 Å². The average molecular weight is 409 g/mol. The van der Waals surface area contributed by atoms with E-state index < -0.39 is 12.1 Å². The fourth-order valence-corrected chi connectivity index (χ4v) is 4.53. The minimum Gasteiger partial charge on any atom is -0.368 e. The third-order valence-electron chi connectivity index (χ3n) is 5.99. The minimum absolute atomic E-state index is 0.0561. The van der Waals surface area contributed by atoms with Crippen LogP contribution in [-0.4, -0.2) is 47.2 Å². The van der Waals surface area contributed by atoms with Crippen molar-refractivity contribution in [1.82, 2.24) is 4.90 Å². The summed E-state index contributed by atoms with van der Waals surface area (Å²) in [6, 6.07) is 20.0. The van der Waals surface area contributed by atoms with E-state index in [1.54, 1.807) is 0 Å². The van der Waals surface area contributed by atoms with E-state index in [2.05, 4.69) is 0 Å². The summed E-state index contributed by atoms with van der Waals surface area (Å²) < 4.78 is 24.7. The Morgan fingerprint density at radius 1 is 0.967 bits per heavy atom. The van der Waals surface area contributed by atoms with E-state index in [1.165, 1.54) is 0 Å². The number of β-lactam (4-membered cyclic amide) rings is 1. The lowest BCUT2D eigenvalue weighted by atomic mass is 9.91. The van der Waals surface area contributed by atoms with Gasteiger partial charge >= 0.3 is 0 Å². The van der Waals surface area contributed by atoms with Crippen LogP contribution in [0, 0.1) is 0 Å². The van der Waals surface area contributed by atoms with Crippen molar-refractivity contribution in [2.24, 2.45) is 0 Å². The zero-order valence-electron chi connectivity index (χ0n) is 17.3. The Labute approximate surface area is 176 Å². The second-order valence-corrected chi connectivity index (χ2v) is 8.61. The normalized spacial score (nSPS) is 32.1. The lowest BCUT2D eigenvalue weighted by Gasteiger charge is -2.45. The number of hydrogen-bond acceptors (Lipinski definition) is 5. The molecule has 6 heteroatoms. The van der Waals surface area contributed by atoms with Gasteiger partial charge in [0, 0.05) is 13.0 Å². The number of ether oxygens (including phenoxy) is 4. The van der Waals surface area contributed by atoms with Crippen molar-refractivity contribution in [2.45, 2.75) is 69.9 Å². The van der Waals surface area contributed by atoms with E-state index in [1.807, 2.05) is 79.4 Å². The van der Waals surface area contributed by atoms with Gasteiger partial charge in [-0.2, -0.15) is 0 Å². The van der Waals surface area contributed by atoms with E-state index in [0.29, 0.717) is 19.6 Å². The first-order valence-electron chi connectivity index (χ1n) is 10.5. The summed E-state index contributed by atoms with van der Waals surface area (Å²) in [6.45, 7) is 4.79. The van der Waals surface area contributed by atoms with Gasteiger partial charge in [-0.3, -0.25) is 4.79 Å². The molecule has 0 aromatic heterocycles. The second kappa shape index (κ2) is 7.78. The quantitative estimate of drug-likeness (QED) is 0.686. The summed E-state index contributed by atoms with van der Waals surface area (Å²) in [4.78, 5) is 14.3. The number of carbonyl (C=O) groups is 1. The van der Waals surface area contributed by atoms with Gasteiger partial charge in [0.25, 0.3) is 0 Å². The van der Waals surface area contributed by atoms with Crippen LogP contribution in [0.15, 0.2) is 60.7 Å². The van der Waals surface area contributed by atoms with Gasteiger partial charge in [-0.25, -0.2) is 0 Å².